The van der Waals surface area contributed by atoms with Crippen LogP contribution < -0.4 is 10.0 Å². The molecular weight excluding hydrogens is 244 g/mol. The fourth-order valence-electron chi connectivity index (χ4n) is 3.53. The van der Waals surface area contributed by atoms with E-state index in [0.29, 0.717) is 11.5 Å². The number of nitrogens with one attached hydrogen (secondary N) is 2. The molecule has 1 saturated heterocycles. The molecule has 0 aromatic rings. The van der Waals surface area contributed by atoms with Gasteiger partial charge in [-0.05, 0) is 70.9 Å². The summed E-state index contributed by atoms with van der Waals surface area (Å²) in [6, 6.07) is 0.439. The van der Waals surface area contributed by atoms with Gasteiger partial charge in [0.15, 0.2) is 0 Å². The summed E-state index contributed by atoms with van der Waals surface area (Å²) in [5.41, 5.74) is 0.394. The summed E-state index contributed by atoms with van der Waals surface area (Å²) >= 11 is -0.940. The topological polar surface area (TPSA) is 47.1 Å². The lowest BCUT2D eigenvalue weighted by Gasteiger charge is -2.40. The van der Waals surface area contributed by atoms with Gasteiger partial charge in [0.25, 0.3) is 0 Å². The largest absolute Gasteiger partial charge is 0.598 e. The highest BCUT2D eigenvalue weighted by atomic mass is 32.2. The van der Waals surface area contributed by atoms with Gasteiger partial charge in [-0.3, -0.25) is 0 Å². The summed E-state index contributed by atoms with van der Waals surface area (Å²) in [6.45, 7) is 10.7. The highest BCUT2D eigenvalue weighted by molar-refractivity contribution is 7.90. The van der Waals surface area contributed by atoms with Crippen LogP contribution in [0.25, 0.3) is 0 Å². The molecule has 1 aliphatic heterocycles. The lowest BCUT2D eigenvalue weighted by Crippen LogP contribution is -2.52. The number of piperidine rings is 1. The third-order valence-electron chi connectivity index (χ3n) is 4.54. The Hall–Kier alpha value is 0.230. The normalized spacial score (nSPS) is 33.8. The molecular formula is C14H28N2OS. The average Bonchev–Trinajstić information content (AvgIpc) is 2.54. The van der Waals surface area contributed by atoms with Crippen LogP contribution in [0.4, 0.5) is 0 Å². The van der Waals surface area contributed by atoms with Crippen LogP contribution in [0.3, 0.4) is 0 Å². The molecule has 2 unspecified atom stereocenters. The molecule has 4 heteroatoms. The van der Waals surface area contributed by atoms with Gasteiger partial charge in [0.1, 0.15) is 4.75 Å². The Labute approximate surface area is 115 Å². The quantitative estimate of drug-likeness (QED) is 0.758. The Morgan fingerprint density at radius 1 is 1.28 bits per heavy atom. The predicted octanol–water partition coefficient (Wildman–Crippen LogP) is 2.21. The average molecular weight is 272 g/mol. The van der Waals surface area contributed by atoms with Gasteiger partial charge in [0.2, 0.25) is 0 Å². The van der Waals surface area contributed by atoms with E-state index < -0.39 is 11.4 Å². The van der Waals surface area contributed by atoms with E-state index in [1.165, 1.54) is 25.7 Å². The first kappa shape index (κ1) is 14.6. The van der Waals surface area contributed by atoms with E-state index in [1.807, 2.05) is 20.8 Å². The van der Waals surface area contributed by atoms with Gasteiger partial charge in [-0.25, -0.2) is 0 Å². The van der Waals surface area contributed by atoms with E-state index in [9.17, 15) is 4.55 Å². The number of hydrogen-bond donors (Lipinski definition) is 2. The van der Waals surface area contributed by atoms with Gasteiger partial charge >= 0.3 is 0 Å². The van der Waals surface area contributed by atoms with Crippen LogP contribution in [0.15, 0.2) is 0 Å². The van der Waals surface area contributed by atoms with Crippen molar-refractivity contribution in [1.29, 1.82) is 0 Å². The Morgan fingerprint density at radius 2 is 1.89 bits per heavy atom. The summed E-state index contributed by atoms with van der Waals surface area (Å²) in [6.07, 6.45) is 4.95. The molecule has 0 bridgehead atoms. The summed E-state index contributed by atoms with van der Waals surface area (Å²) < 4.78 is 15.6. The highest BCUT2D eigenvalue weighted by Crippen LogP contribution is 2.48. The fraction of sp³-hybridized carbons (Fsp3) is 1.00. The smallest absolute Gasteiger partial charge is 0.136 e. The van der Waals surface area contributed by atoms with E-state index in [4.69, 9.17) is 0 Å². The first-order valence-electron chi connectivity index (χ1n) is 7.22. The molecule has 3 atom stereocenters. The van der Waals surface area contributed by atoms with Crippen LogP contribution in [0.1, 0.15) is 53.4 Å². The Kier molecular flexibility index (Phi) is 4.32. The maximum absolute atomic E-state index is 12.3. The van der Waals surface area contributed by atoms with Gasteiger partial charge in [-0.15, -0.1) is 4.72 Å². The van der Waals surface area contributed by atoms with Gasteiger partial charge in [-0.1, -0.05) is 6.92 Å². The number of hydrogen-bond acceptors (Lipinski definition) is 3. The van der Waals surface area contributed by atoms with Gasteiger partial charge in [-0.2, -0.15) is 0 Å². The van der Waals surface area contributed by atoms with Crippen LogP contribution in [0.2, 0.25) is 0 Å². The van der Waals surface area contributed by atoms with E-state index in [1.54, 1.807) is 0 Å². The predicted molar refractivity (Wildman–Crippen MR) is 77.8 cm³/mol. The maximum Gasteiger partial charge on any atom is 0.136 e. The van der Waals surface area contributed by atoms with Gasteiger partial charge < -0.3 is 9.87 Å². The summed E-state index contributed by atoms with van der Waals surface area (Å²) in [5.74, 6) is 0.762. The first-order chi connectivity index (χ1) is 8.33. The third-order valence-corrected chi connectivity index (χ3v) is 6.15. The molecule has 1 saturated carbocycles. The van der Waals surface area contributed by atoms with Crippen molar-refractivity contribution in [3.8, 4) is 0 Å². The van der Waals surface area contributed by atoms with E-state index in [2.05, 4.69) is 17.0 Å². The molecule has 1 spiro atoms. The maximum atomic E-state index is 12.3. The van der Waals surface area contributed by atoms with Crippen molar-refractivity contribution in [1.82, 2.24) is 10.0 Å². The second kappa shape index (κ2) is 5.31. The van der Waals surface area contributed by atoms with E-state index in [0.717, 1.165) is 19.0 Å². The fourth-order valence-corrected chi connectivity index (χ4v) is 4.49. The van der Waals surface area contributed by atoms with Crippen LogP contribution in [0.5, 0.6) is 0 Å². The monoisotopic (exact) mass is 272 g/mol. The molecule has 0 radical (unpaired) electrons. The molecule has 0 aromatic carbocycles. The zero-order valence-corrected chi connectivity index (χ0v) is 13.0. The van der Waals surface area contributed by atoms with Crippen molar-refractivity contribution in [2.24, 2.45) is 11.3 Å². The minimum Gasteiger partial charge on any atom is -0.598 e. The van der Waals surface area contributed by atoms with Crippen molar-refractivity contribution in [2.45, 2.75) is 64.2 Å². The lowest BCUT2D eigenvalue weighted by molar-refractivity contribution is 0.170. The minimum atomic E-state index is -0.940. The Balaban J connectivity index is 2.05. The number of rotatable bonds is 2. The molecule has 0 amide bonds. The zero-order valence-electron chi connectivity index (χ0n) is 12.2. The summed E-state index contributed by atoms with van der Waals surface area (Å²) in [4.78, 5) is 0. The molecule has 3 nitrogen and oxygen atoms in total. The van der Waals surface area contributed by atoms with Crippen LogP contribution in [-0.2, 0) is 11.4 Å². The second-order valence-electron chi connectivity index (χ2n) is 7.21. The van der Waals surface area contributed by atoms with E-state index >= 15 is 0 Å². The molecule has 0 aromatic heterocycles. The van der Waals surface area contributed by atoms with Crippen molar-refractivity contribution in [3.63, 3.8) is 0 Å². The molecule has 18 heavy (non-hydrogen) atoms. The minimum absolute atomic E-state index is 0.167. The molecule has 1 aliphatic carbocycles. The molecule has 2 N–H and O–H groups in total. The first-order valence-corrected chi connectivity index (χ1v) is 8.37. The molecule has 2 aliphatic rings. The molecule has 1 heterocycles. The highest BCUT2D eigenvalue weighted by Gasteiger charge is 2.48. The van der Waals surface area contributed by atoms with Crippen molar-refractivity contribution >= 4 is 11.4 Å². The van der Waals surface area contributed by atoms with Crippen LogP contribution >= 0.6 is 0 Å². The Morgan fingerprint density at radius 3 is 2.44 bits per heavy atom. The second-order valence-corrected chi connectivity index (χ2v) is 9.21. The SMILES string of the molecule is CC1C[C@@H](N[S+]([O-])C(C)(C)C)C2(CCNCC2)C1. The lowest BCUT2D eigenvalue weighted by atomic mass is 9.74. The molecule has 2 fully saturated rings. The molecule has 2 rings (SSSR count). The van der Waals surface area contributed by atoms with Gasteiger partial charge in [0.05, 0.1) is 6.04 Å². The summed E-state index contributed by atoms with van der Waals surface area (Å²) in [5, 5.41) is 3.45. The van der Waals surface area contributed by atoms with Crippen LogP contribution in [-0.4, -0.2) is 28.4 Å². The van der Waals surface area contributed by atoms with Crippen molar-refractivity contribution < 1.29 is 4.55 Å². The van der Waals surface area contributed by atoms with Gasteiger partial charge in [0, 0.05) is 11.4 Å². The molecule has 106 valence electrons. The van der Waals surface area contributed by atoms with E-state index in [-0.39, 0.29) is 4.75 Å². The van der Waals surface area contributed by atoms with Crippen molar-refractivity contribution in [2.75, 3.05) is 13.1 Å². The van der Waals surface area contributed by atoms with Crippen molar-refractivity contribution in [3.05, 3.63) is 0 Å². The third kappa shape index (κ3) is 3.03. The van der Waals surface area contributed by atoms with Crippen LogP contribution in [0, 0.1) is 11.3 Å². The standard InChI is InChI=1S/C14H28N2OS/c1-11-9-12(16-18(17)13(2,3)4)14(10-11)5-7-15-8-6-14/h11-12,15-16H,5-10H2,1-4H3/t11?,12-,18?/m1/s1. The zero-order chi connectivity index (χ0) is 13.4. The summed E-state index contributed by atoms with van der Waals surface area (Å²) in [7, 11) is 0. The Bertz CT molecular complexity index is 284.